The van der Waals surface area contributed by atoms with Crippen LogP contribution < -0.4 is 20.3 Å². The molecule has 0 spiro atoms. The number of carbonyl (C=O) groups is 1. The maximum atomic E-state index is 12.3. The van der Waals surface area contributed by atoms with Gasteiger partial charge in [0.1, 0.15) is 13.2 Å². The lowest BCUT2D eigenvalue weighted by Gasteiger charge is -2.18. The lowest BCUT2D eigenvalue weighted by Crippen LogP contribution is -2.26. The minimum absolute atomic E-state index is 0.102. The third-order valence-electron chi connectivity index (χ3n) is 4.11. The van der Waals surface area contributed by atoms with Crippen molar-refractivity contribution in [1.29, 1.82) is 0 Å². The summed E-state index contributed by atoms with van der Waals surface area (Å²) >= 11 is 5.90. The summed E-state index contributed by atoms with van der Waals surface area (Å²) in [7, 11) is 0. The Bertz CT molecular complexity index is 1060. The van der Waals surface area contributed by atoms with Crippen LogP contribution in [0.3, 0.4) is 0 Å². The fraction of sp³-hybridized carbons (Fsp3) is 0.158. The van der Waals surface area contributed by atoms with Crippen molar-refractivity contribution in [3.8, 4) is 11.5 Å². The lowest BCUT2D eigenvalue weighted by molar-refractivity contribution is 0.0951. The summed E-state index contributed by atoms with van der Waals surface area (Å²) < 4.78 is 11.1. The highest BCUT2D eigenvalue weighted by Crippen LogP contribution is 2.33. The van der Waals surface area contributed by atoms with E-state index in [1.54, 1.807) is 36.4 Å². The van der Waals surface area contributed by atoms with Crippen LogP contribution in [0.4, 0.5) is 0 Å². The molecule has 4 rings (SSSR count). The van der Waals surface area contributed by atoms with E-state index in [1.165, 1.54) is 0 Å². The second-order valence-corrected chi connectivity index (χ2v) is 6.34. The van der Waals surface area contributed by atoms with Gasteiger partial charge in [-0.1, -0.05) is 17.7 Å². The molecule has 0 bridgehead atoms. The molecule has 2 aromatic carbocycles. The number of hydrogen-bond donors (Lipinski definition) is 2. The van der Waals surface area contributed by atoms with E-state index in [2.05, 4.69) is 10.3 Å². The molecular weight excluding hydrogens is 356 g/mol. The van der Waals surface area contributed by atoms with E-state index in [0.29, 0.717) is 46.4 Å². The lowest BCUT2D eigenvalue weighted by atomic mass is 10.1. The number of fused-ring (bicyclic) bond motifs is 2. The smallest absolute Gasteiger partial charge is 0.253 e. The van der Waals surface area contributed by atoms with Gasteiger partial charge in [-0.25, -0.2) is 0 Å². The summed E-state index contributed by atoms with van der Waals surface area (Å²) in [5.74, 6) is 0.959. The quantitative estimate of drug-likeness (QED) is 0.743. The Labute approximate surface area is 153 Å². The van der Waals surface area contributed by atoms with Gasteiger partial charge in [0.25, 0.3) is 11.5 Å². The van der Waals surface area contributed by atoms with Crippen molar-refractivity contribution >= 4 is 28.4 Å². The Kier molecular flexibility index (Phi) is 4.26. The number of aromatic amines is 1. The van der Waals surface area contributed by atoms with Crippen LogP contribution in [-0.2, 0) is 6.54 Å². The van der Waals surface area contributed by atoms with Gasteiger partial charge in [0.05, 0.1) is 5.52 Å². The Morgan fingerprint density at radius 2 is 1.88 bits per heavy atom. The molecule has 1 amide bonds. The number of aromatic nitrogens is 1. The average Bonchev–Trinajstić information content (AvgIpc) is 2.64. The number of amides is 1. The van der Waals surface area contributed by atoms with Crippen molar-refractivity contribution < 1.29 is 14.3 Å². The summed E-state index contributed by atoms with van der Waals surface area (Å²) in [5, 5.41) is 4.02. The van der Waals surface area contributed by atoms with Gasteiger partial charge >= 0.3 is 0 Å². The first kappa shape index (κ1) is 16.5. The third kappa shape index (κ3) is 3.23. The number of ether oxygens (including phenoxy) is 2. The van der Waals surface area contributed by atoms with E-state index >= 15 is 0 Å². The topological polar surface area (TPSA) is 80.4 Å². The molecule has 0 aliphatic carbocycles. The van der Waals surface area contributed by atoms with E-state index in [9.17, 15) is 9.59 Å². The first-order valence-corrected chi connectivity index (χ1v) is 8.47. The summed E-state index contributed by atoms with van der Waals surface area (Å²) in [6.07, 6.45) is 0. The summed E-state index contributed by atoms with van der Waals surface area (Å²) in [5.41, 5.74) is 1.28. The maximum Gasteiger partial charge on any atom is 0.253 e. The van der Waals surface area contributed by atoms with E-state index < -0.39 is 0 Å². The SMILES string of the molecule is O=C(NCc1cc2cc3c(cc2[nH]c1=O)OCCO3)c1cccc(Cl)c1. The highest BCUT2D eigenvalue weighted by Gasteiger charge is 2.14. The van der Waals surface area contributed by atoms with Crippen molar-refractivity contribution in [2.45, 2.75) is 6.54 Å². The number of H-pyrrole nitrogens is 1. The minimum atomic E-state index is -0.297. The predicted octanol–water partition coefficient (Wildman–Crippen LogP) is 2.88. The first-order valence-electron chi connectivity index (χ1n) is 8.09. The highest BCUT2D eigenvalue weighted by molar-refractivity contribution is 6.30. The molecule has 0 saturated heterocycles. The summed E-state index contributed by atoms with van der Waals surface area (Å²) in [6.45, 7) is 1.08. The molecule has 0 radical (unpaired) electrons. The van der Waals surface area contributed by atoms with Crippen LogP contribution >= 0.6 is 11.6 Å². The van der Waals surface area contributed by atoms with Crippen LogP contribution in [0.1, 0.15) is 15.9 Å². The van der Waals surface area contributed by atoms with Crippen LogP contribution in [0.5, 0.6) is 11.5 Å². The van der Waals surface area contributed by atoms with Gasteiger partial charge in [0.2, 0.25) is 0 Å². The van der Waals surface area contributed by atoms with Crippen LogP contribution in [0.25, 0.3) is 10.9 Å². The molecule has 0 atom stereocenters. The second-order valence-electron chi connectivity index (χ2n) is 5.90. The molecule has 2 N–H and O–H groups in total. The molecule has 7 heteroatoms. The van der Waals surface area contributed by atoms with Gasteiger partial charge in [-0.3, -0.25) is 9.59 Å². The van der Waals surface area contributed by atoms with E-state index in [-0.39, 0.29) is 18.0 Å². The third-order valence-corrected chi connectivity index (χ3v) is 4.35. The van der Waals surface area contributed by atoms with E-state index in [1.807, 2.05) is 6.07 Å². The number of carbonyl (C=O) groups excluding carboxylic acids is 1. The molecule has 0 saturated carbocycles. The van der Waals surface area contributed by atoms with E-state index in [4.69, 9.17) is 21.1 Å². The van der Waals surface area contributed by atoms with Crippen LogP contribution in [0, 0.1) is 0 Å². The fourth-order valence-electron chi connectivity index (χ4n) is 2.83. The largest absolute Gasteiger partial charge is 0.486 e. The van der Waals surface area contributed by atoms with Gasteiger partial charge in [0, 0.05) is 34.1 Å². The average molecular weight is 371 g/mol. The van der Waals surface area contributed by atoms with Gasteiger partial charge in [-0.15, -0.1) is 0 Å². The molecule has 6 nitrogen and oxygen atoms in total. The normalized spacial score (nSPS) is 12.8. The van der Waals surface area contributed by atoms with Gasteiger partial charge in [0.15, 0.2) is 11.5 Å². The number of benzene rings is 2. The maximum absolute atomic E-state index is 12.3. The van der Waals surface area contributed by atoms with Crippen molar-refractivity contribution in [3.05, 3.63) is 69.0 Å². The second kappa shape index (κ2) is 6.72. The zero-order valence-electron chi connectivity index (χ0n) is 13.7. The fourth-order valence-corrected chi connectivity index (χ4v) is 3.02. The summed E-state index contributed by atoms with van der Waals surface area (Å²) in [6, 6.07) is 11.9. The Morgan fingerprint density at radius 1 is 1.12 bits per heavy atom. The number of hydrogen-bond acceptors (Lipinski definition) is 4. The monoisotopic (exact) mass is 370 g/mol. The molecular formula is C19H15ClN2O4. The van der Waals surface area contributed by atoms with Crippen molar-refractivity contribution in [3.63, 3.8) is 0 Å². The van der Waals surface area contributed by atoms with Gasteiger partial charge in [-0.05, 0) is 30.3 Å². The number of rotatable bonds is 3. The molecule has 0 fully saturated rings. The standard InChI is InChI=1S/C19H15ClN2O4/c20-14-3-1-2-11(7-14)18(23)21-10-13-6-12-8-16-17(26-5-4-25-16)9-15(12)22-19(13)24/h1-3,6-9H,4-5,10H2,(H,21,23)(H,22,24). The van der Waals surface area contributed by atoms with Crippen molar-refractivity contribution in [1.82, 2.24) is 10.3 Å². The molecule has 3 aromatic rings. The number of halogens is 1. The van der Waals surface area contributed by atoms with Gasteiger partial charge < -0.3 is 19.8 Å². The molecule has 132 valence electrons. The zero-order valence-corrected chi connectivity index (χ0v) is 14.4. The van der Waals surface area contributed by atoms with Crippen molar-refractivity contribution in [2.75, 3.05) is 13.2 Å². The minimum Gasteiger partial charge on any atom is -0.486 e. The number of nitrogens with one attached hydrogen (secondary N) is 2. The van der Waals surface area contributed by atoms with Crippen LogP contribution in [-0.4, -0.2) is 24.1 Å². The number of pyridine rings is 1. The molecule has 1 aromatic heterocycles. The first-order chi connectivity index (χ1) is 12.6. The Balaban J connectivity index is 1.59. The van der Waals surface area contributed by atoms with Crippen LogP contribution in [0.2, 0.25) is 5.02 Å². The molecule has 2 heterocycles. The van der Waals surface area contributed by atoms with Crippen LogP contribution in [0.15, 0.2) is 47.3 Å². The van der Waals surface area contributed by atoms with Crippen molar-refractivity contribution in [2.24, 2.45) is 0 Å². The highest BCUT2D eigenvalue weighted by atomic mass is 35.5. The van der Waals surface area contributed by atoms with Gasteiger partial charge in [-0.2, -0.15) is 0 Å². The molecule has 1 aliphatic rings. The molecule has 26 heavy (non-hydrogen) atoms. The molecule has 1 aliphatic heterocycles. The Hall–Kier alpha value is -2.99. The Morgan fingerprint density at radius 3 is 2.65 bits per heavy atom. The zero-order chi connectivity index (χ0) is 18.1. The predicted molar refractivity (Wildman–Crippen MR) is 98.2 cm³/mol. The molecule has 0 unspecified atom stereocenters. The van der Waals surface area contributed by atoms with E-state index in [0.717, 1.165) is 5.39 Å². The summed E-state index contributed by atoms with van der Waals surface area (Å²) in [4.78, 5) is 27.3.